The van der Waals surface area contributed by atoms with Gasteiger partial charge in [0.15, 0.2) is 0 Å². The van der Waals surface area contributed by atoms with Gasteiger partial charge in [0.2, 0.25) is 0 Å². The molecular formula is C16H13FN2S. The molecule has 0 spiro atoms. The summed E-state index contributed by atoms with van der Waals surface area (Å²) in [5.74, 6) is -0.235. The lowest BCUT2D eigenvalue weighted by Crippen LogP contribution is -1.86. The van der Waals surface area contributed by atoms with Gasteiger partial charge in [0, 0.05) is 22.2 Å². The molecule has 0 aliphatic heterocycles. The van der Waals surface area contributed by atoms with Gasteiger partial charge in [-0.25, -0.2) is 9.37 Å². The largest absolute Gasteiger partial charge is 0.399 e. The van der Waals surface area contributed by atoms with Crippen molar-refractivity contribution in [2.45, 2.75) is 6.92 Å². The van der Waals surface area contributed by atoms with Crippen LogP contribution in [-0.4, -0.2) is 4.98 Å². The van der Waals surface area contributed by atoms with Crippen LogP contribution < -0.4 is 5.73 Å². The number of anilines is 1. The first-order chi connectivity index (χ1) is 9.61. The third-order valence-electron chi connectivity index (χ3n) is 2.98. The molecule has 4 heteroatoms. The highest BCUT2D eigenvalue weighted by Gasteiger charge is 2.08. The molecule has 2 nitrogen and oxygen atoms in total. The smallest absolute Gasteiger partial charge is 0.124 e. The van der Waals surface area contributed by atoms with Gasteiger partial charge in [0.1, 0.15) is 10.8 Å². The number of aromatic nitrogens is 1. The number of halogens is 1. The minimum atomic E-state index is -0.235. The summed E-state index contributed by atoms with van der Waals surface area (Å²) >= 11 is 1.50. The Morgan fingerprint density at radius 2 is 1.95 bits per heavy atom. The highest BCUT2D eigenvalue weighted by molar-refractivity contribution is 7.13. The van der Waals surface area contributed by atoms with Crippen LogP contribution in [0, 0.1) is 12.7 Å². The van der Waals surface area contributed by atoms with Crippen LogP contribution >= 0.6 is 11.3 Å². The molecule has 0 atom stereocenters. The summed E-state index contributed by atoms with van der Waals surface area (Å²) in [6.45, 7) is 1.87. The summed E-state index contributed by atoms with van der Waals surface area (Å²) < 4.78 is 13.5. The number of nitrogens with zero attached hydrogens (tertiary/aromatic N) is 1. The van der Waals surface area contributed by atoms with Crippen molar-refractivity contribution in [3.63, 3.8) is 0 Å². The van der Waals surface area contributed by atoms with Crippen LogP contribution in [0.3, 0.4) is 0 Å². The average molecular weight is 284 g/mol. The molecule has 3 rings (SSSR count). The molecule has 20 heavy (non-hydrogen) atoms. The molecule has 0 aliphatic rings. The van der Waals surface area contributed by atoms with E-state index in [0.717, 1.165) is 27.4 Å². The third kappa shape index (κ3) is 2.56. The summed E-state index contributed by atoms with van der Waals surface area (Å²) in [7, 11) is 0. The van der Waals surface area contributed by atoms with Crippen molar-refractivity contribution in [1.29, 1.82) is 0 Å². The first kappa shape index (κ1) is 12.8. The van der Waals surface area contributed by atoms with E-state index >= 15 is 0 Å². The fraction of sp³-hybridized carbons (Fsp3) is 0.0625. The zero-order chi connectivity index (χ0) is 14.1. The van der Waals surface area contributed by atoms with Crippen LogP contribution in [0.2, 0.25) is 0 Å². The van der Waals surface area contributed by atoms with Gasteiger partial charge in [0.05, 0.1) is 5.69 Å². The second kappa shape index (κ2) is 5.06. The number of benzene rings is 2. The Morgan fingerprint density at radius 1 is 1.10 bits per heavy atom. The van der Waals surface area contributed by atoms with Crippen LogP contribution in [0.1, 0.15) is 5.56 Å². The average Bonchev–Trinajstić information content (AvgIpc) is 2.87. The summed E-state index contributed by atoms with van der Waals surface area (Å²) in [5, 5.41) is 2.77. The van der Waals surface area contributed by atoms with Crippen LogP contribution in [-0.2, 0) is 0 Å². The minimum Gasteiger partial charge on any atom is -0.399 e. The molecule has 1 aromatic heterocycles. The molecular weight excluding hydrogens is 271 g/mol. The first-order valence-corrected chi connectivity index (χ1v) is 7.09. The van der Waals surface area contributed by atoms with Crippen LogP contribution in [0.15, 0.2) is 47.8 Å². The monoisotopic (exact) mass is 284 g/mol. The van der Waals surface area contributed by atoms with Gasteiger partial charge in [-0.2, -0.15) is 0 Å². The predicted molar refractivity (Wildman–Crippen MR) is 82.1 cm³/mol. The van der Waals surface area contributed by atoms with E-state index in [2.05, 4.69) is 4.98 Å². The lowest BCUT2D eigenvalue weighted by molar-refractivity contribution is 0.627. The molecule has 0 unspecified atom stereocenters. The van der Waals surface area contributed by atoms with E-state index in [1.165, 1.54) is 23.5 Å². The van der Waals surface area contributed by atoms with Crippen LogP contribution in [0.4, 0.5) is 10.1 Å². The zero-order valence-electron chi connectivity index (χ0n) is 10.9. The molecule has 0 radical (unpaired) electrons. The predicted octanol–water partition coefficient (Wildman–Crippen LogP) is 4.51. The van der Waals surface area contributed by atoms with Crippen molar-refractivity contribution in [2.75, 3.05) is 5.73 Å². The molecule has 3 aromatic rings. The first-order valence-electron chi connectivity index (χ1n) is 6.21. The van der Waals surface area contributed by atoms with E-state index in [9.17, 15) is 4.39 Å². The number of hydrogen-bond acceptors (Lipinski definition) is 3. The fourth-order valence-corrected chi connectivity index (χ4v) is 2.91. The van der Waals surface area contributed by atoms with E-state index in [1.807, 2.05) is 42.6 Å². The highest BCUT2D eigenvalue weighted by Crippen LogP contribution is 2.30. The highest BCUT2D eigenvalue weighted by atomic mass is 32.1. The normalized spacial score (nSPS) is 10.7. The van der Waals surface area contributed by atoms with Gasteiger partial charge in [-0.1, -0.05) is 12.1 Å². The van der Waals surface area contributed by atoms with E-state index in [1.54, 1.807) is 0 Å². The van der Waals surface area contributed by atoms with Crippen molar-refractivity contribution in [1.82, 2.24) is 4.98 Å². The number of aryl methyl sites for hydroxylation is 1. The Balaban J connectivity index is 2.02. The van der Waals surface area contributed by atoms with Gasteiger partial charge >= 0.3 is 0 Å². The van der Waals surface area contributed by atoms with Gasteiger partial charge in [0.25, 0.3) is 0 Å². The van der Waals surface area contributed by atoms with E-state index < -0.39 is 0 Å². The summed E-state index contributed by atoms with van der Waals surface area (Å²) in [6.07, 6.45) is 0. The number of thiazole rings is 1. The van der Waals surface area contributed by atoms with Crippen LogP contribution in [0.25, 0.3) is 21.8 Å². The second-order valence-corrected chi connectivity index (χ2v) is 5.54. The standard InChI is InChI=1S/C16H13FN2S/c1-10-5-12(7-13(17)6-10)16-19-15(9-20-16)11-3-2-4-14(18)8-11/h2-9H,18H2,1H3. The topological polar surface area (TPSA) is 38.9 Å². The number of rotatable bonds is 2. The van der Waals surface area contributed by atoms with Gasteiger partial charge in [-0.3, -0.25) is 0 Å². The molecule has 1 heterocycles. The number of nitrogen functional groups attached to an aromatic ring is 1. The fourth-order valence-electron chi connectivity index (χ4n) is 2.10. The van der Waals surface area contributed by atoms with E-state index in [-0.39, 0.29) is 5.82 Å². The maximum atomic E-state index is 13.5. The van der Waals surface area contributed by atoms with Gasteiger partial charge in [-0.05, 0) is 42.8 Å². The number of nitrogens with two attached hydrogens (primary N) is 1. The lowest BCUT2D eigenvalue weighted by Gasteiger charge is -2.00. The van der Waals surface area contributed by atoms with Crippen molar-refractivity contribution >= 4 is 17.0 Å². The number of hydrogen-bond donors (Lipinski definition) is 1. The minimum absolute atomic E-state index is 0.235. The van der Waals surface area contributed by atoms with E-state index in [0.29, 0.717) is 5.69 Å². The zero-order valence-corrected chi connectivity index (χ0v) is 11.7. The molecule has 0 saturated carbocycles. The molecule has 0 aliphatic carbocycles. The maximum absolute atomic E-state index is 13.5. The Kier molecular flexibility index (Phi) is 3.24. The Hall–Kier alpha value is -2.20. The Bertz CT molecular complexity index is 744. The summed E-state index contributed by atoms with van der Waals surface area (Å²) in [5.41, 5.74) is 10.0. The summed E-state index contributed by atoms with van der Waals surface area (Å²) in [6, 6.07) is 12.5. The Labute approximate surface area is 120 Å². The van der Waals surface area contributed by atoms with Crippen molar-refractivity contribution in [2.24, 2.45) is 0 Å². The molecule has 0 bridgehead atoms. The Morgan fingerprint density at radius 3 is 2.70 bits per heavy atom. The quantitative estimate of drug-likeness (QED) is 0.703. The third-order valence-corrected chi connectivity index (χ3v) is 3.87. The van der Waals surface area contributed by atoms with Crippen LogP contribution in [0.5, 0.6) is 0 Å². The molecule has 0 saturated heterocycles. The lowest BCUT2D eigenvalue weighted by atomic mass is 10.1. The van der Waals surface area contributed by atoms with Gasteiger partial charge in [-0.15, -0.1) is 11.3 Å². The SMILES string of the molecule is Cc1cc(F)cc(-c2nc(-c3cccc(N)c3)cs2)c1. The molecule has 100 valence electrons. The van der Waals surface area contributed by atoms with Crippen molar-refractivity contribution in [3.05, 3.63) is 59.2 Å². The van der Waals surface area contributed by atoms with Crippen molar-refractivity contribution in [3.8, 4) is 21.8 Å². The van der Waals surface area contributed by atoms with E-state index in [4.69, 9.17) is 5.73 Å². The molecule has 2 N–H and O–H groups in total. The van der Waals surface area contributed by atoms with Gasteiger partial charge < -0.3 is 5.73 Å². The maximum Gasteiger partial charge on any atom is 0.124 e. The molecule has 2 aromatic carbocycles. The summed E-state index contributed by atoms with van der Waals surface area (Å²) in [4.78, 5) is 4.57. The molecule has 0 fully saturated rings. The van der Waals surface area contributed by atoms with Crippen molar-refractivity contribution < 1.29 is 4.39 Å². The second-order valence-electron chi connectivity index (χ2n) is 4.68. The molecule has 0 amide bonds.